The van der Waals surface area contributed by atoms with Gasteiger partial charge in [0.1, 0.15) is 24.1 Å². The molecule has 3 atom stereocenters. The number of nitrogens with one attached hydrogen (secondary N) is 1. The van der Waals surface area contributed by atoms with Crippen LogP contribution in [0.2, 0.25) is 0 Å². The molecule has 1 aliphatic rings. The number of ether oxygens (including phenoxy) is 4. The fourth-order valence-electron chi connectivity index (χ4n) is 4.24. The zero-order valence-electron chi connectivity index (χ0n) is 23.3. The Morgan fingerprint density at radius 3 is 2.46 bits per heavy atom. The van der Waals surface area contributed by atoms with Crippen molar-refractivity contribution in [3.8, 4) is 5.75 Å². The SMILES string of the molecule is COc1ccc([C@@H](O)C(OC(C)C)C(=O)N2C(=O)OC[C@@H]2Cc2ccccc2)cc1CNC(=O)OC(C)(C)C. The highest BCUT2D eigenvalue weighted by Gasteiger charge is 2.44. The lowest BCUT2D eigenvalue weighted by molar-refractivity contribution is -0.154. The van der Waals surface area contributed by atoms with E-state index in [0.29, 0.717) is 23.3 Å². The van der Waals surface area contributed by atoms with Crippen LogP contribution >= 0.6 is 0 Å². The number of nitrogens with zero attached hydrogens (tertiary/aromatic N) is 1. The Labute approximate surface area is 229 Å². The fourth-order valence-corrected chi connectivity index (χ4v) is 4.24. The molecule has 1 heterocycles. The van der Waals surface area contributed by atoms with Crippen molar-refractivity contribution in [2.75, 3.05) is 13.7 Å². The average molecular weight is 543 g/mol. The molecule has 1 unspecified atom stereocenters. The van der Waals surface area contributed by atoms with Gasteiger partial charge in [-0.3, -0.25) is 4.79 Å². The van der Waals surface area contributed by atoms with Crippen LogP contribution in [0, 0.1) is 0 Å². The zero-order valence-corrected chi connectivity index (χ0v) is 23.3. The summed E-state index contributed by atoms with van der Waals surface area (Å²) >= 11 is 0. The first-order valence-electron chi connectivity index (χ1n) is 12.9. The molecule has 0 bridgehead atoms. The summed E-state index contributed by atoms with van der Waals surface area (Å²) in [5.74, 6) is -0.218. The quantitative estimate of drug-likeness (QED) is 0.459. The van der Waals surface area contributed by atoms with E-state index in [1.54, 1.807) is 52.8 Å². The third-order valence-electron chi connectivity index (χ3n) is 5.93. The van der Waals surface area contributed by atoms with Gasteiger partial charge in [-0.25, -0.2) is 14.5 Å². The van der Waals surface area contributed by atoms with Crippen LogP contribution in [-0.4, -0.2) is 65.7 Å². The lowest BCUT2D eigenvalue weighted by Gasteiger charge is -2.29. The van der Waals surface area contributed by atoms with Gasteiger partial charge in [-0.1, -0.05) is 36.4 Å². The lowest BCUT2D eigenvalue weighted by Crippen LogP contribution is -2.49. The Hall–Kier alpha value is -3.63. The summed E-state index contributed by atoms with van der Waals surface area (Å²) in [6, 6.07) is 13.8. The minimum absolute atomic E-state index is 0.0486. The second-order valence-corrected chi connectivity index (χ2v) is 10.6. The van der Waals surface area contributed by atoms with Gasteiger partial charge in [-0.05, 0) is 64.3 Å². The highest BCUT2D eigenvalue weighted by Crippen LogP contribution is 2.29. The summed E-state index contributed by atoms with van der Waals surface area (Å²) < 4.78 is 21.8. The van der Waals surface area contributed by atoms with Crippen LogP contribution in [0.3, 0.4) is 0 Å². The predicted octanol–water partition coefficient (Wildman–Crippen LogP) is 4.14. The number of methoxy groups -OCH3 is 1. The minimum atomic E-state index is -1.42. The standard InChI is InChI=1S/C29H38N2O8/c1-18(2)38-25(26(33)31-22(17-37-28(31)35)14-19-10-8-7-9-11-19)24(32)20-12-13-23(36-6)21(15-20)16-30-27(34)39-29(3,4)5/h7-13,15,18,22,24-25,32H,14,16-17H2,1-6H3,(H,30,34)/t22-,24+,25?/m0/s1. The molecule has 2 aromatic carbocycles. The van der Waals surface area contributed by atoms with Crippen LogP contribution in [-0.2, 0) is 32.0 Å². The van der Waals surface area contributed by atoms with E-state index in [4.69, 9.17) is 18.9 Å². The van der Waals surface area contributed by atoms with E-state index in [1.165, 1.54) is 7.11 Å². The van der Waals surface area contributed by atoms with Crippen LogP contribution in [0.15, 0.2) is 48.5 Å². The Morgan fingerprint density at radius 1 is 1.15 bits per heavy atom. The van der Waals surface area contributed by atoms with Crippen LogP contribution in [0.25, 0.3) is 0 Å². The van der Waals surface area contributed by atoms with Crippen molar-refractivity contribution in [2.24, 2.45) is 0 Å². The molecule has 1 saturated heterocycles. The number of aliphatic hydroxyl groups is 1. The summed E-state index contributed by atoms with van der Waals surface area (Å²) in [6.07, 6.45) is -4.20. The molecule has 212 valence electrons. The number of carbonyl (C=O) groups is 3. The molecule has 3 rings (SSSR count). The number of amides is 3. The average Bonchev–Trinajstić information content (AvgIpc) is 3.24. The molecule has 1 fully saturated rings. The molecule has 39 heavy (non-hydrogen) atoms. The van der Waals surface area contributed by atoms with Crippen LogP contribution in [0.4, 0.5) is 9.59 Å². The second kappa shape index (κ2) is 12.9. The minimum Gasteiger partial charge on any atom is -0.496 e. The fraction of sp³-hybridized carbons (Fsp3) is 0.483. The first kappa shape index (κ1) is 29.9. The maximum atomic E-state index is 13.7. The number of cyclic esters (lactones) is 1. The number of alkyl carbamates (subject to hydrolysis) is 1. The molecular weight excluding hydrogens is 504 g/mol. The van der Waals surface area contributed by atoms with Crippen molar-refractivity contribution in [1.29, 1.82) is 0 Å². The third-order valence-corrected chi connectivity index (χ3v) is 5.93. The van der Waals surface area contributed by atoms with Crippen molar-refractivity contribution in [3.05, 3.63) is 65.2 Å². The van der Waals surface area contributed by atoms with Crippen molar-refractivity contribution >= 4 is 18.1 Å². The monoisotopic (exact) mass is 542 g/mol. The van der Waals surface area contributed by atoms with Crippen LogP contribution in [0.1, 0.15) is 57.4 Å². The number of imide groups is 1. The Balaban J connectivity index is 1.84. The van der Waals surface area contributed by atoms with Gasteiger partial charge in [0.15, 0.2) is 6.10 Å². The number of benzene rings is 2. The van der Waals surface area contributed by atoms with Gasteiger partial charge in [-0.15, -0.1) is 0 Å². The van der Waals surface area contributed by atoms with E-state index in [2.05, 4.69) is 5.32 Å². The van der Waals surface area contributed by atoms with E-state index in [9.17, 15) is 19.5 Å². The number of rotatable bonds is 10. The summed E-state index contributed by atoms with van der Waals surface area (Å²) in [5, 5.41) is 14.0. The Kier molecular flexibility index (Phi) is 9.93. The molecule has 2 N–H and O–H groups in total. The molecular formula is C29H38N2O8. The molecule has 10 nitrogen and oxygen atoms in total. The maximum Gasteiger partial charge on any atom is 0.417 e. The highest BCUT2D eigenvalue weighted by molar-refractivity contribution is 5.96. The van der Waals surface area contributed by atoms with E-state index in [0.717, 1.165) is 10.5 Å². The summed E-state index contributed by atoms with van der Waals surface area (Å²) in [4.78, 5) is 39.5. The molecule has 0 aromatic heterocycles. The third kappa shape index (κ3) is 8.18. The predicted molar refractivity (Wildman–Crippen MR) is 143 cm³/mol. The molecule has 0 aliphatic carbocycles. The topological polar surface area (TPSA) is 124 Å². The second-order valence-electron chi connectivity index (χ2n) is 10.6. The largest absolute Gasteiger partial charge is 0.496 e. The van der Waals surface area contributed by atoms with Crippen LogP contribution in [0.5, 0.6) is 5.75 Å². The van der Waals surface area contributed by atoms with Gasteiger partial charge in [0.2, 0.25) is 0 Å². The van der Waals surface area contributed by atoms with Crippen molar-refractivity contribution in [3.63, 3.8) is 0 Å². The summed E-state index contributed by atoms with van der Waals surface area (Å²) in [5.41, 5.74) is 1.18. The van der Waals surface area contributed by atoms with E-state index >= 15 is 0 Å². The Bertz CT molecular complexity index is 1150. The molecule has 1 aliphatic heterocycles. The summed E-state index contributed by atoms with van der Waals surface area (Å²) in [7, 11) is 1.49. The van der Waals surface area contributed by atoms with Gasteiger partial charge in [0.25, 0.3) is 5.91 Å². The van der Waals surface area contributed by atoms with Crippen molar-refractivity contribution < 1.29 is 38.4 Å². The van der Waals surface area contributed by atoms with Gasteiger partial charge in [0, 0.05) is 12.1 Å². The zero-order chi connectivity index (χ0) is 28.7. The molecule has 3 amide bonds. The van der Waals surface area contributed by atoms with E-state index in [-0.39, 0.29) is 13.2 Å². The van der Waals surface area contributed by atoms with Crippen LogP contribution < -0.4 is 10.1 Å². The number of aliphatic hydroxyl groups excluding tert-OH is 1. The maximum absolute atomic E-state index is 13.7. The van der Waals surface area contributed by atoms with Gasteiger partial charge in [-0.2, -0.15) is 0 Å². The number of hydrogen-bond acceptors (Lipinski definition) is 8. The van der Waals surface area contributed by atoms with E-state index < -0.39 is 48.0 Å². The van der Waals surface area contributed by atoms with Crippen molar-refractivity contribution in [1.82, 2.24) is 10.2 Å². The van der Waals surface area contributed by atoms with Gasteiger partial charge in [0.05, 0.1) is 19.3 Å². The number of carbonyl (C=O) groups excluding carboxylic acids is 3. The lowest BCUT2D eigenvalue weighted by atomic mass is 9.99. The van der Waals surface area contributed by atoms with Gasteiger partial charge < -0.3 is 29.4 Å². The Morgan fingerprint density at radius 2 is 1.85 bits per heavy atom. The highest BCUT2D eigenvalue weighted by atomic mass is 16.6. The molecule has 0 spiro atoms. The first-order chi connectivity index (χ1) is 18.4. The number of hydrogen-bond donors (Lipinski definition) is 2. The summed E-state index contributed by atoms with van der Waals surface area (Å²) in [6.45, 7) is 8.86. The molecule has 10 heteroatoms. The van der Waals surface area contributed by atoms with Gasteiger partial charge >= 0.3 is 12.2 Å². The molecule has 0 saturated carbocycles. The normalized spacial score (nSPS) is 17.0. The first-order valence-corrected chi connectivity index (χ1v) is 12.9. The molecule has 2 aromatic rings. The smallest absolute Gasteiger partial charge is 0.417 e. The molecule has 0 radical (unpaired) electrons. The van der Waals surface area contributed by atoms with E-state index in [1.807, 2.05) is 30.3 Å². The van der Waals surface area contributed by atoms with Crippen molar-refractivity contribution in [2.45, 2.75) is 77.5 Å².